The summed E-state index contributed by atoms with van der Waals surface area (Å²) in [7, 11) is 0. The van der Waals surface area contributed by atoms with Crippen LogP contribution in [0.25, 0.3) is 0 Å². The Morgan fingerprint density at radius 3 is 1.96 bits per heavy atom. The van der Waals surface area contributed by atoms with Crippen LogP contribution in [0.4, 0.5) is 11.4 Å². The molecule has 1 aromatic carbocycles. The van der Waals surface area contributed by atoms with Gasteiger partial charge in [-0.25, -0.2) is 0 Å². The number of nitro benzene ring substituents is 1. The van der Waals surface area contributed by atoms with Crippen molar-refractivity contribution in [3.63, 3.8) is 0 Å². The molecule has 1 N–H and O–H groups in total. The molecule has 2 unspecified atom stereocenters. The van der Waals surface area contributed by atoms with Crippen molar-refractivity contribution in [3.05, 3.63) is 58.7 Å². The molecule has 1 saturated carbocycles. The zero-order valence-corrected chi connectivity index (χ0v) is 14.3. The van der Waals surface area contributed by atoms with Crippen LogP contribution in [0.2, 0.25) is 0 Å². The minimum atomic E-state index is -0.438. The maximum absolute atomic E-state index is 12.6. The third-order valence-corrected chi connectivity index (χ3v) is 5.15. The number of nitrogens with zero attached hydrogens (tertiary/aromatic N) is 1. The smallest absolute Gasteiger partial charge is 0.269 e. The first-order valence-corrected chi connectivity index (χ1v) is 9.02. The van der Waals surface area contributed by atoms with Gasteiger partial charge in [0.15, 0.2) is 0 Å². The van der Waals surface area contributed by atoms with Gasteiger partial charge in [-0.3, -0.25) is 14.9 Å². The second-order valence-electron chi connectivity index (χ2n) is 6.82. The number of benzene rings is 1. The Bertz CT molecular complexity index is 655. The van der Waals surface area contributed by atoms with Crippen molar-refractivity contribution in [1.29, 1.82) is 0 Å². The van der Waals surface area contributed by atoms with Gasteiger partial charge in [0.1, 0.15) is 0 Å². The first-order valence-electron chi connectivity index (χ1n) is 9.02. The van der Waals surface area contributed by atoms with E-state index in [1.165, 1.54) is 12.1 Å². The van der Waals surface area contributed by atoms with Crippen LogP contribution in [-0.4, -0.2) is 10.8 Å². The number of fused-ring (bicyclic) bond motifs is 1. The molecule has 5 heteroatoms. The molecule has 0 aromatic heterocycles. The average molecular weight is 340 g/mol. The Kier molecular flexibility index (Phi) is 5.64. The number of non-ortho nitro benzene ring substituents is 1. The Morgan fingerprint density at radius 2 is 1.44 bits per heavy atom. The van der Waals surface area contributed by atoms with Crippen molar-refractivity contribution in [3.8, 4) is 0 Å². The van der Waals surface area contributed by atoms with E-state index in [1.54, 1.807) is 12.1 Å². The molecule has 0 radical (unpaired) electrons. The Morgan fingerprint density at radius 1 is 0.920 bits per heavy atom. The summed E-state index contributed by atoms with van der Waals surface area (Å²) in [5.41, 5.74) is 0.655. The van der Waals surface area contributed by atoms with Crippen LogP contribution >= 0.6 is 0 Å². The lowest BCUT2D eigenvalue weighted by Crippen LogP contribution is -2.15. The fourth-order valence-electron chi connectivity index (χ4n) is 3.75. The summed E-state index contributed by atoms with van der Waals surface area (Å²) in [6, 6.07) is 6.03. The van der Waals surface area contributed by atoms with Crippen LogP contribution < -0.4 is 5.32 Å². The van der Waals surface area contributed by atoms with Crippen molar-refractivity contribution in [2.24, 2.45) is 17.8 Å². The summed E-state index contributed by atoms with van der Waals surface area (Å²) in [5.74, 6) is 1.02. The number of allylic oxidation sites excluding steroid dienone is 4. The van der Waals surface area contributed by atoms with Crippen molar-refractivity contribution >= 4 is 17.3 Å². The van der Waals surface area contributed by atoms with E-state index < -0.39 is 4.92 Å². The number of nitrogens with one attached hydrogen (secondary N) is 1. The zero-order chi connectivity index (χ0) is 17.6. The van der Waals surface area contributed by atoms with Crippen LogP contribution in [-0.2, 0) is 4.79 Å². The summed E-state index contributed by atoms with van der Waals surface area (Å²) < 4.78 is 0. The maximum atomic E-state index is 12.6. The molecule has 0 spiro atoms. The van der Waals surface area contributed by atoms with E-state index in [9.17, 15) is 14.9 Å². The van der Waals surface area contributed by atoms with Gasteiger partial charge in [0.2, 0.25) is 5.91 Å². The highest BCUT2D eigenvalue weighted by Gasteiger charge is 2.52. The van der Waals surface area contributed by atoms with Gasteiger partial charge in [0.05, 0.1) is 4.92 Å². The molecule has 3 rings (SSSR count). The highest BCUT2D eigenvalue weighted by atomic mass is 16.6. The predicted octanol–water partition coefficient (Wildman–Crippen LogP) is 4.86. The van der Waals surface area contributed by atoms with Gasteiger partial charge in [0.25, 0.3) is 5.69 Å². The van der Waals surface area contributed by atoms with Gasteiger partial charge >= 0.3 is 0 Å². The molecule has 25 heavy (non-hydrogen) atoms. The van der Waals surface area contributed by atoms with Crippen LogP contribution in [0.1, 0.15) is 38.5 Å². The van der Waals surface area contributed by atoms with E-state index in [2.05, 4.69) is 29.6 Å². The SMILES string of the molecule is O=C(Nc1ccc([N+](=O)[O-])cc1)C1C2CCC=CCCC=CCCC21. The van der Waals surface area contributed by atoms with Gasteiger partial charge in [-0.2, -0.15) is 0 Å². The molecule has 2 aliphatic carbocycles. The van der Waals surface area contributed by atoms with E-state index in [4.69, 9.17) is 0 Å². The molecule has 1 amide bonds. The lowest BCUT2D eigenvalue weighted by molar-refractivity contribution is -0.384. The number of rotatable bonds is 3. The molecular weight excluding hydrogens is 316 g/mol. The monoisotopic (exact) mass is 340 g/mol. The summed E-state index contributed by atoms with van der Waals surface area (Å²) >= 11 is 0. The molecule has 2 aliphatic rings. The molecule has 0 bridgehead atoms. The van der Waals surface area contributed by atoms with Gasteiger partial charge in [-0.05, 0) is 62.5 Å². The highest BCUT2D eigenvalue weighted by Crippen LogP contribution is 2.52. The van der Waals surface area contributed by atoms with E-state index in [0.29, 0.717) is 17.5 Å². The molecule has 1 aromatic rings. The summed E-state index contributed by atoms with van der Waals surface area (Å²) in [6.45, 7) is 0. The largest absolute Gasteiger partial charge is 0.326 e. The number of nitro groups is 1. The van der Waals surface area contributed by atoms with Gasteiger partial charge in [0, 0.05) is 23.7 Å². The van der Waals surface area contributed by atoms with E-state index in [0.717, 1.165) is 38.5 Å². The summed E-state index contributed by atoms with van der Waals surface area (Å²) in [5, 5.41) is 13.6. The third kappa shape index (κ3) is 4.56. The van der Waals surface area contributed by atoms with Crippen molar-refractivity contribution < 1.29 is 9.72 Å². The Hall–Kier alpha value is -2.43. The molecule has 5 nitrogen and oxygen atoms in total. The number of hydrogen-bond acceptors (Lipinski definition) is 3. The lowest BCUT2D eigenvalue weighted by atomic mass is 10.1. The summed E-state index contributed by atoms with van der Waals surface area (Å²) in [6.07, 6.45) is 15.3. The van der Waals surface area contributed by atoms with E-state index in [1.807, 2.05) is 0 Å². The minimum absolute atomic E-state index is 0.0317. The van der Waals surface area contributed by atoms with Crippen molar-refractivity contribution in [2.45, 2.75) is 38.5 Å². The normalized spacial score (nSPS) is 26.0. The quantitative estimate of drug-likeness (QED) is 0.485. The second-order valence-corrected chi connectivity index (χ2v) is 6.82. The predicted molar refractivity (Wildman–Crippen MR) is 98.2 cm³/mol. The van der Waals surface area contributed by atoms with Crippen molar-refractivity contribution in [2.75, 3.05) is 5.32 Å². The Labute approximate surface area is 148 Å². The first kappa shape index (κ1) is 17.4. The lowest BCUT2D eigenvalue weighted by Gasteiger charge is -2.04. The van der Waals surface area contributed by atoms with E-state index >= 15 is 0 Å². The molecule has 0 aliphatic heterocycles. The molecular formula is C20H24N2O3. The standard InChI is InChI=1S/C20H24N2O3/c23-20(21-15-11-13-16(14-12-15)22(24)25)19-17-9-7-5-3-1-2-4-6-8-10-18(17)19/h3-6,11-14,17-19H,1-2,7-10H2,(H,21,23). The van der Waals surface area contributed by atoms with Gasteiger partial charge in [-0.1, -0.05) is 24.3 Å². The molecule has 132 valence electrons. The maximum Gasteiger partial charge on any atom is 0.269 e. The number of carbonyl (C=O) groups is 1. The van der Waals surface area contributed by atoms with Crippen LogP contribution in [0.15, 0.2) is 48.6 Å². The van der Waals surface area contributed by atoms with E-state index in [-0.39, 0.29) is 17.5 Å². The highest BCUT2D eigenvalue weighted by molar-refractivity contribution is 5.94. The van der Waals surface area contributed by atoms with Gasteiger partial charge in [-0.15, -0.1) is 0 Å². The number of carbonyl (C=O) groups excluding carboxylic acids is 1. The first-order chi connectivity index (χ1) is 12.2. The average Bonchev–Trinajstić information content (AvgIpc) is 3.28. The van der Waals surface area contributed by atoms with Crippen molar-refractivity contribution in [1.82, 2.24) is 0 Å². The number of hydrogen-bond donors (Lipinski definition) is 1. The third-order valence-electron chi connectivity index (χ3n) is 5.15. The Balaban J connectivity index is 1.60. The van der Waals surface area contributed by atoms with Crippen LogP contribution in [0, 0.1) is 27.9 Å². The van der Waals surface area contributed by atoms with Crippen LogP contribution in [0.3, 0.4) is 0 Å². The fraction of sp³-hybridized carbons (Fsp3) is 0.450. The number of amides is 1. The topological polar surface area (TPSA) is 72.2 Å². The molecule has 1 fully saturated rings. The zero-order valence-electron chi connectivity index (χ0n) is 14.3. The minimum Gasteiger partial charge on any atom is -0.326 e. The summed E-state index contributed by atoms with van der Waals surface area (Å²) in [4.78, 5) is 22.9. The van der Waals surface area contributed by atoms with Crippen LogP contribution in [0.5, 0.6) is 0 Å². The molecule has 0 heterocycles. The fourth-order valence-corrected chi connectivity index (χ4v) is 3.75. The van der Waals surface area contributed by atoms with Gasteiger partial charge < -0.3 is 5.32 Å². The number of anilines is 1. The molecule has 0 saturated heterocycles. The molecule has 2 atom stereocenters. The second kappa shape index (κ2) is 8.10.